The van der Waals surface area contributed by atoms with Gasteiger partial charge in [0, 0.05) is 22.7 Å². The molecule has 3 rings (SSSR count). The van der Waals surface area contributed by atoms with Gasteiger partial charge in [-0.05, 0) is 133 Å². The summed E-state index contributed by atoms with van der Waals surface area (Å²) in [7, 11) is 0. The Morgan fingerprint density at radius 1 is 0.587 bits per heavy atom. The number of amides is 2. The van der Waals surface area contributed by atoms with E-state index in [0.717, 1.165) is 15.4 Å². The van der Waals surface area contributed by atoms with Gasteiger partial charge in [0.25, 0.3) is 11.8 Å². The van der Waals surface area contributed by atoms with Gasteiger partial charge in [-0.3, -0.25) is 33.6 Å². The summed E-state index contributed by atoms with van der Waals surface area (Å²) in [6.45, 7) is 17.2. The van der Waals surface area contributed by atoms with Crippen LogP contribution in [0, 0.1) is 11.8 Å². The first kappa shape index (κ1) is 51.8. The number of benzene rings is 2. The molecule has 0 aromatic heterocycles. The molecular formula is C47H67N3O13. The van der Waals surface area contributed by atoms with Gasteiger partial charge in [0.2, 0.25) is 0 Å². The van der Waals surface area contributed by atoms with E-state index in [1.807, 2.05) is 30.3 Å². The zero-order valence-electron chi connectivity index (χ0n) is 39.0. The molecule has 0 bridgehead atoms. The van der Waals surface area contributed by atoms with Gasteiger partial charge in [0.15, 0.2) is 0 Å². The van der Waals surface area contributed by atoms with Gasteiger partial charge in [-0.2, -0.15) is 0 Å². The van der Waals surface area contributed by atoms with Crippen LogP contribution in [0.4, 0.5) is 5.69 Å². The van der Waals surface area contributed by atoms with Gasteiger partial charge >= 0.3 is 29.8 Å². The fraction of sp³-hybridized carbons (Fsp3) is 0.596. The van der Waals surface area contributed by atoms with Crippen molar-refractivity contribution >= 4 is 47.3 Å². The molecule has 348 valence electrons. The van der Waals surface area contributed by atoms with Crippen LogP contribution in [0.3, 0.4) is 0 Å². The number of anilines is 1. The molecule has 1 fully saturated rings. The van der Waals surface area contributed by atoms with Crippen molar-refractivity contribution in [1.29, 1.82) is 0 Å². The van der Waals surface area contributed by atoms with Gasteiger partial charge < -0.3 is 43.9 Å². The first-order chi connectivity index (χ1) is 29.0. The average molecular weight is 882 g/mol. The Hall–Kier alpha value is -5.51. The maximum Gasteiger partial charge on any atom is 0.326 e. The SMILES string of the molecule is CC(C)(C)OC(=O)CN(CC(=O)OC(C)(C)C)C(=O)c1cc(NC(O)[C@H]2CC[C@H](C(=O)OCc3ccccc3)CC2)cc(C(=O)N(CC(=O)OC(C)(C)C)CC(=O)OC(C)(C)C)c1. The molecular weight excluding hydrogens is 815 g/mol. The van der Waals surface area contributed by atoms with Crippen LogP contribution in [0.2, 0.25) is 0 Å². The minimum absolute atomic E-state index is 0.0880. The molecule has 1 aliphatic rings. The maximum atomic E-state index is 14.4. The molecule has 2 N–H and O–H groups in total. The Morgan fingerprint density at radius 3 is 1.30 bits per heavy atom. The van der Waals surface area contributed by atoms with Crippen LogP contribution in [0.5, 0.6) is 0 Å². The lowest BCUT2D eigenvalue weighted by Crippen LogP contribution is -2.44. The molecule has 16 nitrogen and oxygen atoms in total. The number of esters is 5. The van der Waals surface area contributed by atoms with Crippen LogP contribution in [0.25, 0.3) is 0 Å². The topological polar surface area (TPSA) is 204 Å². The molecule has 2 aromatic rings. The predicted molar refractivity (Wildman–Crippen MR) is 233 cm³/mol. The van der Waals surface area contributed by atoms with Crippen LogP contribution in [0.15, 0.2) is 48.5 Å². The summed E-state index contributed by atoms with van der Waals surface area (Å²) in [6, 6.07) is 13.2. The lowest BCUT2D eigenvalue weighted by atomic mass is 9.81. The Bertz CT molecular complexity index is 1780. The quantitative estimate of drug-likeness (QED) is 0.109. The van der Waals surface area contributed by atoms with Gasteiger partial charge in [-0.15, -0.1) is 0 Å². The summed E-state index contributed by atoms with van der Waals surface area (Å²) >= 11 is 0. The van der Waals surface area contributed by atoms with Crippen molar-refractivity contribution in [2.45, 2.75) is 144 Å². The van der Waals surface area contributed by atoms with Crippen molar-refractivity contribution in [2.24, 2.45) is 11.8 Å². The van der Waals surface area contributed by atoms with E-state index in [0.29, 0.717) is 25.7 Å². The lowest BCUT2D eigenvalue weighted by molar-refractivity contribution is -0.160. The predicted octanol–water partition coefficient (Wildman–Crippen LogP) is 6.22. The maximum absolute atomic E-state index is 14.4. The number of rotatable bonds is 16. The third kappa shape index (κ3) is 19.2. The van der Waals surface area contributed by atoms with E-state index in [1.54, 1.807) is 83.1 Å². The Balaban J connectivity index is 2.02. The van der Waals surface area contributed by atoms with Crippen LogP contribution in [-0.4, -0.2) is 111 Å². The van der Waals surface area contributed by atoms with E-state index < -0.39 is 90.5 Å². The van der Waals surface area contributed by atoms with E-state index in [2.05, 4.69) is 5.32 Å². The zero-order chi connectivity index (χ0) is 47.5. The highest BCUT2D eigenvalue weighted by atomic mass is 16.6. The Morgan fingerprint density at radius 2 is 0.952 bits per heavy atom. The van der Waals surface area contributed by atoms with Crippen LogP contribution in [0.1, 0.15) is 135 Å². The third-order valence-electron chi connectivity index (χ3n) is 9.05. The van der Waals surface area contributed by atoms with Gasteiger partial charge in [-0.1, -0.05) is 30.3 Å². The number of nitrogens with one attached hydrogen (secondary N) is 1. The number of hydrogen-bond acceptors (Lipinski definition) is 14. The molecule has 1 unspecified atom stereocenters. The summed E-state index contributed by atoms with van der Waals surface area (Å²) in [5, 5.41) is 14.5. The minimum atomic E-state index is -1.22. The summed E-state index contributed by atoms with van der Waals surface area (Å²) in [4.78, 5) is 96.0. The normalized spacial score (nSPS) is 16.1. The molecule has 0 spiro atoms. The largest absolute Gasteiger partial charge is 0.461 e. The monoisotopic (exact) mass is 881 g/mol. The third-order valence-corrected chi connectivity index (χ3v) is 9.05. The molecule has 1 aliphatic carbocycles. The second-order valence-corrected chi connectivity index (χ2v) is 19.8. The van der Waals surface area contributed by atoms with Gasteiger partial charge in [0.05, 0.1) is 5.92 Å². The van der Waals surface area contributed by atoms with Crippen molar-refractivity contribution in [2.75, 3.05) is 31.5 Å². The molecule has 0 aliphatic heterocycles. The standard InChI is InChI=1S/C47H67N3O13/c1-44(2,3)60-36(51)25-49(26-37(52)61-45(4,5)6)41(56)33-22-34(42(57)50(27-38(53)62-46(7,8)9)28-39(54)63-47(10,11)12)24-35(23-33)48-40(55)31-18-20-32(21-19-31)43(58)59-29-30-16-14-13-15-17-30/h13-17,22-24,31-32,40,48,55H,18-21,25-29H2,1-12H3/t31-,32-,40?. The highest BCUT2D eigenvalue weighted by Gasteiger charge is 2.34. The number of carbonyl (C=O) groups is 7. The van der Waals surface area contributed by atoms with Crippen LogP contribution in [-0.2, 0) is 54.3 Å². The second kappa shape index (κ2) is 21.7. The Kier molecular flexibility index (Phi) is 17.9. The first-order valence-corrected chi connectivity index (χ1v) is 21.2. The summed E-state index contributed by atoms with van der Waals surface area (Å²) < 4.78 is 27.4. The number of hydrogen-bond donors (Lipinski definition) is 2. The molecule has 2 aromatic carbocycles. The molecule has 0 radical (unpaired) electrons. The summed E-state index contributed by atoms with van der Waals surface area (Å²) in [5.74, 6) is -6.06. The molecule has 1 atom stereocenters. The van der Waals surface area contributed by atoms with Crippen LogP contribution < -0.4 is 5.32 Å². The average Bonchev–Trinajstić information content (AvgIpc) is 3.13. The number of aliphatic hydroxyl groups excluding tert-OH is 1. The fourth-order valence-corrected chi connectivity index (χ4v) is 6.65. The van der Waals surface area contributed by atoms with Crippen molar-refractivity contribution in [3.05, 3.63) is 65.2 Å². The number of carbonyl (C=O) groups excluding carboxylic acids is 7. The molecule has 1 saturated carbocycles. The fourth-order valence-electron chi connectivity index (χ4n) is 6.65. The van der Waals surface area contributed by atoms with Crippen molar-refractivity contribution in [1.82, 2.24) is 9.80 Å². The summed E-state index contributed by atoms with van der Waals surface area (Å²) in [6.07, 6.45) is 0.576. The molecule has 0 saturated heterocycles. The minimum Gasteiger partial charge on any atom is -0.461 e. The highest BCUT2D eigenvalue weighted by molar-refractivity contribution is 6.04. The number of ether oxygens (including phenoxy) is 5. The van der Waals surface area contributed by atoms with Crippen molar-refractivity contribution < 1.29 is 62.4 Å². The van der Waals surface area contributed by atoms with Crippen molar-refractivity contribution in [3.8, 4) is 0 Å². The smallest absolute Gasteiger partial charge is 0.326 e. The molecule has 0 heterocycles. The van der Waals surface area contributed by atoms with E-state index in [1.165, 1.54) is 18.2 Å². The molecule has 16 heteroatoms. The molecule has 2 amide bonds. The zero-order valence-corrected chi connectivity index (χ0v) is 39.0. The second-order valence-electron chi connectivity index (χ2n) is 19.8. The van der Waals surface area contributed by atoms with Gasteiger partial charge in [0.1, 0.15) is 61.4 Å². The summed E-state index contributed by atoms with van der Waals surface area (Å²) in [5.41, 5.74) is -3.13. The lowest BCUT2D eigenvalue weighted by Gasteiger charge is -2.31. The van der Waals surface area contributed by atoms with E-state index in [-0.39, 0.29) is 41.2 Å². The Labute approximate surface area is 371 Å². The molecule has 63 heavy (non-hydrogen) atoms. The van der Waals surface area contributed by atoms with Gasteiger partial charge in [-0.25, -0.2) is 0 Å². The number of nitrogens with zero attached hydrogens (tertiary/aromatic N) is 2. The van der Waals surface area contributed by atoms with E-state index in [9.17, 15) is 38.7 Å². The van der Waals surface area contributed by atoms with Crippen LogP contribution >= 0.6 is 0 Å². The van der Waals surface area contributed by atoms with E-state index in [4.69, 9.17) is 23.7 Å². The highest BCUT2D eigenvalue weighted by Crippen LogP contribution is 2.33. The number of aliphatic hydroxyl groups is 1. The van der Waals surface area contributed by atoms with E-state index >= 15 is 0 Å². The first-order valence-electron chi connectivity index (χ1n) is 21.2. The van der Waals surface area contributed by atoms with Crippen molar-refractivity contribution in [3.63, 3.8) is 0 Å².